The molecule has 1 heterocycles. The molecule has 148 valence electrons. The Balaban J connectivity index is 1.35. The van der Waals surface area contributed by atoms with E-state index >= 15 is 0 Å². The van der Waals surface area contributed by atoms with Gasteiger partial charge in [0.05, 0.1) is 0 Å². The highest BCUT2D eigenvalue weighted by Crippen LogP contribution is 2.23. The first-order chi connectivity index (χ1) is 13.6. The standard InChI is InChI=1S/C23H28ClN3O/c1-19-21(24)10-5-11-22(19)25-23(28)12-14-27-17-15-26(16-18-27)13-6-9-20-7-3-2-4-8-20/h2-11H,12-18H2,1H3,(H,25,28). The van der Waals surface area contributed by atoms with Crippen LogP contribution in [0.4, 0.5) is 5.69 Å². The highest BCUT2D eigenvalue weighted by molar-refractivity contribution is 6.31. The Bertz CT molecular complexity index is 799. The third kappa shape index (κ3) is 6.20. The summed E-state index contributed by atoms with van der Waals surface area (Å²) in [6.45, 7) is 7.76. The van der Waals surface area contributed by atoms with Gasteiger partial charge < -0.3 is 10.2 Å². The van der Waals surface area contributed by atoms with E-state index in [-0.39, 0.29) is 5.91 Å². The summed E-state index contributed by atoms with van der Waals surface area (Å²) in [4.78, 5) is 17.1. The third-order valence-corrected chi connectivity index (χ3v) is 5.54. The van der Waals surface area contributed by atoms with Crippen molar-refractivity contribution in [2.24, 2.45) is 0 Å². The van der Waals surface area contributed by atoms with E-state index in [4.69, 9.17) is 11.6 Å². The molecular weight excluding hydrogens is 370 g/mol. The van der Waals surface area contributed by atoms with Gasteiger partial charge in [-0.1, -0.05) is 60.2 Å². The van der Waals surface area contributed by atoms with Crippen LogP contribution < -0.4 is 5.32 Å². The molecule has 1 aliphatic heterocycles. The van der Waals surface area contributed by atoms with Crippen molar-refractivity contribution in [2.75, 3.05) is 44.6 Å². The van der Waals surface area contributed by atoms with Crippen LogP contribution in [0.3, 0.4) is 0 Å². The number of piperazine rings is 1. The van der Waals surface area contributed by atoms with Crippen molar-refractivity contribution in [2.45, 2.75) is 13.3 Å². The van der Waals surface area contributed by atoms with Gasteiger partial charge in [0.2, 0.25) is 5.91 Å². The lowest BCUT2D eigenvalue weighted by atomic mass is 10.2. The summed E-state index contributed by atoms with van der Waals surface area (Å²) in [6.07, 6.45) is 4.90. The van der Waals surface area contributed by atoms with Crippen LogP contribution in [0, 0.1) is 6.92 Å². The van der Waals surface area contributed by atoms with Crippen molar-refractivity contribution in [3.05, 3.63) is 70.8 Å². The van der Waals surface area contributed by atoms with E-state index in [0.717, 1.165) is 50.5 Å². The Morgan fingerprint density at radius 2 is 1.75 bits per heavy atom. The Hall–Kier alpha value is -2.14. The minimum absolute atomic E-state index is 0.0404. The summed E-state index contributed by atoms with van der Waals surface area (Å²) in [6, 6.07) is 16.0. The first-order valence-corrected chi connectivity index (χ1v) is 10.2. The summed E-state index contributed by atoms with van der Waals surface area (Å²) in [5.41, 5.74) is 2.95. The van der Waals surface area contributed by atoms with Gasteiger partial charge in [-0.05, 0) is 30.2 Å². The third-order valence-electron chi connectivity index (χ3n) is 5.14. The van der Waals surface area contributed by atoms with E-state index in [0.29, 0.717) is 11.4 Å². The molecule has 3 rings (SSSR count). The van der Waals surface area contributed by atoms with Gasteiger partial charge in [-0.3, -0.25) is 9.69 Å². The second-order valence-corrected chi connectivity index (χ2v) is 7.57. The monoisotopic (exact) mass is 397 g/mol. The van der Waals surface area contributed by atoms with Crippen LogP contribution in [-0.4, -0.2) is 55.0 Å². The average molecular weight is 398 g/mol. The highest BCUT2D eigenvalue weighted by atomic mass is 35.5. The van der Waals surface area contributed by atoms with Gasteiger partial charge >= 0.3 is 0 Å². The molecule has 0 saturated carbocycles. The number of hydrogen-bond acceptors (Lipinski definition) is 3. The quantitative estimate of drug-likeness (QED) is 0.756. The number of carbonyl (C=O) groups is 1. The fourth-order valence-corrected chi connectivity index (χ4v) is 3.49. The van der Waals surface area contributed by atoms with Crippen molar-refractivity contribution < 1.29 is 4.79 Å². The lowest BCUT2D eigenvalue weighted by Gasteiger charge is -2.34. The average Bonchev–Trinajstić information content (AvgIpc) is 2.72. The highest BCUT2D eigenvalue weighted by Gasteiger charge is 2.16. The number of nitrogens with zero attached hydrogens (tertiary/aromatic N) is 2. The predicted octanol–water partition coefficient (Wildman–Crippen LogP) is 4.31. The number of amides is 1. The van der Waals surface area contributed by atoms with Crippen molar-refractivity contribution in [1.29, 1.82) is 0 Å². The maximum Gasteiger partial charge on any atom is 0.225 e. The molecule has 2 aromatic rings. The smallest absolute Gasteiger partial charge is 0.225 e. The Kier molecular flexibility index (Phi) is 7.66. The van der Waals surface area contributed by atoms with E-state index < -0.39 is 0 Å². The van der Waals surface area contributed by atoms with E-state index in [1.165, 1.54) is 5.56 Å². The number of rotatable bonds is 7. The number of benzene rings is 2. The van der Waals surface area contributed by atoms with Crippen LogP contribution >= 0.6 is 11.6 Å². The van der Waals surface area contributed by atoms with Crippen LogP contribution in [0.1, 0.15) is 17.5 Å². The van der Waals surface area contributed by atoms with Gasteiger partial charge in [-0.25, -0.2) is 0 Å². The molecule has 28 heavy (non-hydrogen) atoms. The fraction of sp³-hybridized carbons (Fsp3) is 0.348. The summed E-state index contributed by atoms with van der Waals surface area (Å²) in [5.74, 6) is 0.0404. The van der Waals surface area contributed by atoms with Gasteiger partial charge in [0.25, 0.3) is 0 Å². The molecule has 0 atom stereocenters. The van der Waals surface area contributed by atoms with Crippen LogP contribution in [0.25, 0.3) is 6.08 Å². The van der Waals surface area contributed by atoms with E-state index in [9.17, 15) is 4.79 Å². The summed E-state index contributed by atoms with van der Waals surface area (Å²) in [7, 11) is 0. The van der Waals surface area contributed by atoms with Crippen LogP contribution in [-0.2, 0) is 4.79 Å². The maximum absolute atomic E-state index is 12.3. The number of carbonyl (C=O) groups excluding carboxylic acids is 1. The molecule has 0 bridgehead atoms. The SMILES string of the molecule is Cc1c(Cl)cccc1NC(=O)CCN1CCN(CC=Cc2ccccc2)CC1. The molecule has 1 aliphatic rings. The topological polar surface area (TPSA) is 35.6 Å². The first-order valence-electron chi connectivity index (χ1n) is 9.83. The minimum atomic E-state index is 0.0404. The summed E-state index contributed by atoms with van der Waals surface area (Å²) >= 11 is 6.11. The van der Waals surface area contributed by atoms with Gasteiger partial charge in [0, 0.05) is 56.4 Å². The molecule has 4 nitrogen and oxygen atoms in total. The lowest BCUT2D eigenvalue weighted by Crippen LogP contribution is -2.46. The molecule has 1 amide bonds. The van der Waals surface area contributed by atoms with Crippen LogP contribution in [0.15, 0.2) is 54.6 Å². The molecule has 5 heteroatoms. The largest absolute Gasteiger partial charge is 0.326 e. The molecule has 2 aromatic carbocycles. The second-order valence-electron chi connectivity index (χ2n) is 7.17. The predicted molar refractivity (Wildman–Crippen MR) is 118 cm³/mol. The molecule has 1 saturated heterocycles. The van der Waals surface area contributed by atoms with E-state index in [1.807, 2.05) is 31.2 Å². The number of halogens is 1. The molecule has 0 radical (unpaired) electrons. The maximum atomic E-state index is 12.3. The molecule has 0 aromatic heterocycles. The van der Waals surface area contributed by atoms with Crippen molar-refractivity contribution >= 4 is 29.3 Å². The van der Waals surface area contributed by atoms with Crippen LogP contribution in [0.2, 0.25) is 5.02 Å². The van der Waals surface area contributed by atoms with Crippen molar-refractivity contribution in [3.63, 3.8) is 0 Å². The number of hydrogen-bond donors (Lipinski definition) is 1. The zero-order valence-corrected chi connectivity index (χ0v) is 17.2. The van der Waals surface area contributed by atoms with E-state index in [1.54, 1.807) is 0 Å². The zero-order chi connectivity index (χ0) is 19.8. The Labute approximate surface area is 172 Å². The van der Waals surface area contributed by atoms with Gasteiger partial charge in [0.1, 0.15) is 0 Å². The fourth-order valence-electron chi connectivity index (χ4n) is 3.31. The second kappa shape index (κ2) is 10.4. The van der Waals surface area contributed by atoms with Gasteiger partial charge in [-0.15, -0.1) is 0 Å². The Morgan fingerprint density at radius 1 is 1.04 bits per heavy atom. The molecule has 1 fully saturated rings. The van der Waals surface area contributed by atoms with Crippen LogP contribution in [0.5, 0.6) is 0 Å². The first kappa shape index (κ1) is 20.6. The summed E-state index contributed by atoms with van der Waals surface area (Å²) in [5, 5.41) is 3.65. The molecule has 1 N–H and O–H groups in total. The minimum Gasteiger partial charge on any atom is -0.326 e. The molecular formula is C23H28ClN3O. The normalized spacial score (nSPS) is 15.8. The summed E-state index contributed by atoms with van der Waals surface area (Å²) < 4.78 is 0. The zero-order valence-electron chi connectivity index (χ0n) is 16.4. The Morgan fingerprint density at radius 3 is 2.50 bits per heavy atom. The van der Waals surface area contributed by atoms with Gasteiger partial charge in [0.15, 0.2) is 0 Å². The number of nitrogens with one attached hydrogen (secondary N) is 1. The molecule has 0 spiro atoms. The van der Waals surface area contributed by atoms with E-state index in [2.05, 4.69) is 51.5 Å². The van der Waals surface area contributed by atoms with Crippen molar-refractivity contribution in [3.8, 4) is 0 Å². The molecule has 0 unspecified atom stereocenters. The lowest BCUT2D eigenvalue weighted by molar-refractivity contribution is -0.116. The van der Waals surface area contributed by atoms with Gasteiger partial charge in [-0.2, -0.15) is 0 Å². The van der Waals surface area contributed by atoms with Crippen molar-refractivity contribution in [1.82, 2.24) is 9.80 Å². The number of anilines is 1. The molecule has 0 aliphatic carbocycles.